The number of ether oxygens (including phenoxy) is 1. The first-order chi connectivity index (χ1) is 16.4. The van der Waals surface area contributed by atoms with Crippen LogP contribution in [0.1, 0.15) is 13.3 Å². The number of aliphatic imine (C=N–C) groups is 1. The molecule has 1 aliphatic rings. The van der Waals surface area contributed by atoms with Gasteiger partial charge in [0.1, 0.15) is 16.7 Å². The second-order valence-corrected chi connectivity index (χ2v) is 9.39. The fourth-order valence-electron chi connectivity index (χ4n) is 3.33. The average Bonchev–Trinajstić information content (AvgIpc) is 3.10. The van der Waals surface area contributed by atoms with E-state index in [4.69, 9.17) is 27.9 Å². The molecular formula is C25H21Cl2N3O3S. The SMILES string of the molecule is CCN1C(=O)C(CC(=O)Nc2cccc(Oc3ccccc3)c2)SC1=Nc1ccc(Cl)cc1Cl. The third-order valence-electron chi connectivity index (χ3n) is 4.93. The molecule has 3 aromatic carbocycles. The molecule has 6 nitrogen and oxygen atoms in total. The minimum atomic E-state index is -0.575. The van der Waals surface area contributed by atoms with Gasteiger partial charge in [-0.2, -0.15) is 0 Å². The third kappa shape index (κ3) is 5.91. The van der Waals surface area contributed by atoms with Gasteiger partial charge in [0.15, 0.2) is 5.17 Å². The fraction of sp³-hybridized carbons (Fsp3) is 0.160. The standard InChI is InChI=1S/C25H21Cl2N3O3S/c1-2-30-24(32)22(34-25(30)29-21-12-11-16(26)13-20(21)27)15-23(31)28-17-7-6-10-19(14-17)33-18-8-4-3-5-9-18/h3-14,22H,2,15H2,1H3,(H,28,31). The number of halogens is 2. The molecule has 1 fully saturated rings. The van der Waals surface area contributed by atoms with E-state index < -0.39 is 5.25 Å². The zero-order chi connectivity index (χ0) is 24.1. The number of thioether (sulfide) groups is 1. The van der Waals surface area contributed by atoms with Gasteiger partial charge in [0.05, 0.1) is 10.7 Å². The Morgan fingerprint density at radius 2 is 1.82 bits per heavy atom. The topological polar surface area (TPSA) is 71.0 Å². The zero-order valence-corrected chi connectivity index (χ0v) is 20.5. The quantitative estimate of drug-likeness (QED) is 0.378. The van der Waals surface area contributed by atoms with E-state index in [9.17, 15) is 9.59 Å². The summed E-state index contributed by atoms with van der Waals surface area (Å²) in [5.41, 5.74) is 1.10. The fourth-order valence-corrected chi connectivity index (χ4v) is 5.00. The van der Waals surface area contributed by atoms with Gasteiger partial charge in [-0.1, -0.05) is 59.2 Å². The molecule has 2 amide bonds. The molecule has 0 spiro atoms. The normalized spacial score (nSPS) is 16.7. The van der Waals surface area contributed by atoms with Crippen molar-refractivity contribution in [1.29, 1.82) is 0 Å². The van der Waals surface area contributed by atoms with E-state index in [0.29, 0.717) is 44.6 Å². The van der Waals surface area contributed by atoms with E-state index in [1.165, 1.54) is 11.8 Å². The van der Waals surface area contributed by atoms with Gasteiger partial charge in [0.25, 0.3) is 0 Å². The number of para-hydroxylation sites is 1. The highest BCUT2D eigenvalue weighted by Gasteiger charge is 2.38. The van der Waals surface area contributed by atoms with Crippen molar-refractivity contribution < 1.29 is 14.3 Å². The molecule has 1 N–H and O–H groups in total. The molecule has 9 heteroatoms. The Labute approximate surface area is 211 Å². The van der Waals surface area contributed by atoms with Crippen LogP contribution in [0.2, 0.25) is 10.0 Å². The largest absolute Gasteiger partial charge is 0.457 e. The van der Waals surface area contributed by atoms with E-state index in [1.807, 2.05) is 43.3 Å². The van der Waals surface area contributed by atoms with Crippen molar-refractivity contribution in [3.8, 4) is 11.5 Å². The lowest BCUT2D eigenvalue weighted by Crippen LogP contribution is -2.33. The van der Waals surface area contributed by atoms with Crippen molar-refractivity contribution in [2.24, 2.45) is 4.99 Å². The first-order valence-electron chi connectivity index (χ1n) is 10.6. The van der Waals surface area contributed by atoms with Crippen molar-refractivity contribution in [3.05, 3.63) is 82.8 Å². The Balaban J connectivity index is 1.42. The van der Waals surface area contributed by atoms with Crippen molar-refractivity contribution in [3.63, 3.8) is 0 Å². The summed E-state index contributed by atoms with van der Waals surface area (Å²) in [4.78, 5) is 31.7. The van der Waals surface area contributed by atoms with Gasteiger partial charge in [-0.15, -0.1) is 0 Å². The smallest absolute Gasteiger partial charge is 0.242 e. The maximum Gasteiger partial charge on any atom is 0.242 e. The maximum absolute atomic E-state index is 12.9. The number of rotatable bonds is 7. The van der Waals surface area contributed by atoms with E-state index in [0.717, 1.165) is 0 Å². The van der Waals surface area contributed by atoms with Crippen LogP contribution in [-0.4, -0.2) is 33.7 Å². The first kappa shape index (κ1) is 24.1. The zero-order valence-electron chi connectivity index (χ0n) is 18.2. The lowest BCUT2D eigenvalue weighted by Gasteiger charge is -2.13. The van der Waals surface area contributed by atoms with Crippen LogP contribution in [0.4, 0.5) is 11.4 Å². The molecule has 0 radical (unpaired) electrons. The minimum Gasteiger partial charge on any atom is -0.457 e. The number of carbonyl (C=O) groups excluding carboxylic acids is 2. The molecule has 4 rings (SSSR count). The van der Waals surface area contributed by atoms with Gasteiger partial charge in [0, 0.05) is 29.7 Å². The lowest BCUT2D eigenvalue weighted by molar-refractivity contribution is -0.128. The van der Waals surface area contributed by atoms with Gasteiger partial charge < -0.3 is 10.1 Å². The lowest BCUT2D eigenvalue weighted by atomic mass is 10.2. The van der Waals surface area contributed by atoms with Gasteiger partial charge in [0.2, 0.25) is 11.8 Å². The highest BCUT2D eigenvalue weighted by Crippen LogP contribution is 2.35. The van der Waals surface area contributed by atoms with Crippen LogP contribution in [-0.2, 0) is 9.59 Å². The van der Waals surface area contributed by atoms with Crippen molar-refractivity contribution in [2.75, 3.05) is 11.9 Å². The van der Waals surface area contributed by atoms with Gasteiger partial charge in [-0.05, 0) is 49.4 Å². The van der Waals surface area contributed by atoms with Crippen molar-refractivity contribution >= 4 is 63.3 Å². The second-order valence-electron chi connectivity index (χ2n) is 7.37. The number of amides is 2. The molecule has 0 bridgehead atoms. The van der Waals surface area contributed by atoms with E-state index >= 15 is 0 Å². The summed E-state index contributed by atoms with van der Waals surface area (Å²) in [6, 6.07) is 21.5. The van der Waals surface area contributed by atoms with E-state index in [2.05, 4.69) is 10.3 Å². The predicted octanol–water partition coefficient (Wildman–Crippen LogP) is 6.77. The molecule has 1 unspecified atom stereocenters. The van der Waals surface area contributed by atoms with E-state index in [-0.39, 0.29) is 18.2 Å². The Morgan fingerprint density at radius 1 is 1.06 bits per heavy atom. The number of amidine groups is 1. The number of nitrogens with zero attached hydrogens (tertiary/aromatic N) is 2. The Hall–Kier alpha value is -3.00. The number of carbonyl (C=O) groups is 2. The molecular weight excluding hydrogens is 493 g/mol. The average molecular weight is 514 g/mol. The molecule has 0 saturated carbocycles. The first-order valence-corrected chi connectivity index (χ1v) is 12.2. The molecule has 1 heterocycles. The molecule has 34 heavy (non-hydrogen) atoms. The molecule has 0 aliphatic carbocycles. The monoisotopic (exact) mass is 513 g/mol. The maximum atomic E-state index is 12.9. The summed E-state index contributed by atoms with van der Waals surface area (Å²) >= 11 is 13.4. The van der Waals surface area contributed by atoms with Crippen LogP contribution in [0.3, 0.4) is 0 Å². The summed E-state index contributed by atoms with van der Waals surface area (Å²) < 4.78 is 5.82. The van der Waals surface area contributed by atoms with Gasteiger partial charge in [-0.25, -0.2) is 4.99 Å². The summed E-state index contributed by atoms with van der Waals surface area (Å²) in [5.74, 6) is 0.866. The highest BCUT2D eigenvalue weighted by atomic mass is 35.5. The summed E-state index contributed by atoms with van der Waals surface area (Å²) in [7, 11) is 0. The minimum absolute atomic E-state index is 0.0111. The second kappa shape index (κ2) is 11.0. The van der Waals surface area contributed by atoms with Crippen LogP contribution in [0.25, 0.3) is 0 Å². The number of anilines is 1. The highest BCUT2D eigenvalue weighted by molar-refractivity contribution is 8.15. The summed E-state index contributed by atoms with van der Waals surface area (Å²) in [6.45, 7) is 2.30. The Bertz CT molecular complexity index is 1240. The summed E-state index contributed by atoms with van der Waals surface area (Å²) in [5, 5.41) is 3.68. The van der Waals surface area contributed by atoms with Crippen LogP contribution in [0.15, 0.2) is 77.8 Å². The van der Waals surface area contributed by atoms with Gasteiger partial charge in [-0.3, -0.25) is 14.5 Å². The molecule has 3 aromatic rings. The number of benzene rings is 3. The molecule has 174 valence electrons. The van der Waals surface area contributed by atoms with Crippen LogP contribution < -0.4 is 10.1 Å². The number of hydrogen-bond donors (Lipinski definition) is 1. The molecule has 1 aliphatic heterocycles. The van der Waals surface area contributed by atoms with Gasteiger partial charge >= 0.3 is 0 Å². The number of nitrogens with one attached hydrogen (secondary N) is 1. The van der Waals surface area contributed by atoms with Crippen molar-refractivity contribution in [1.82, 2.24) is 4.90 Å². The predicted molar refractivity (Wildman–Crippen MR) is 139 cm³/mol. The molecule has 1 atom stereocenters. The Kier molecular flexibility index (Phi) is 7.77. The van der Waals surface area contributed by atoms with Crippen LogP contribution in [0.5, 0.6) is 11.5 Å². The van der Waals surface area contributed by atoms with E-state index in [1.54, 1.807) is 41.3 Å². The van der Waals surface area contributed by atoms with Crippen LogP contribution >= 0.6 is 35.0 Å². The van der Waals surface area contributed by atoms with Crippen molar-refractivity contribution in [2.45, 2.75) is 18.6 Å². The summed E-state index contributed by atoms with van der Waals surface area (Å²) in [6.07, 6.45) is 0.0111. The number of hydrogen-bond acceptors (Lipinski definition) is 5. The molecule has 1 saturated heterocycles. The molecule has 0 aromatic heterocycles. The third-order valence-corrected chi connectivity index (χ3v) is 6.64. The van der Waals surface area contributed by atoms with Crippen LogP contribution in [0, 0.1) is 0 Å². The Morgan fingerprint density at radius 3 is 2.56 bits per heavy atom.